The summed E-state index contributed by atoms with van der Waals surface area (Å²) in [4.78, 5) is 15.8. The van der Waals surface area contributed by atoms with Gasteiger partial charge in [0.05, 0.1) is 17.6 Å². The van der Waals surface area contributed by atoms with Gasteiger partial charge < -0.3 is 15.8 Å². The summed E-state index contributed by atoms with van der Waals surface area (Å²) in [6.07, 6.45) is 1.55. The molecule has 0 aliphatic rings. The van der Waals surface area contributed by atoms with Gasteiger partial charge in [-0.1, -0.05) is 12.1 Å². The van der Waals surface area contributed by atoms with Crippen molar-refractivity contribution in [3.63, 3.8) is 0 Å². The number of hydrogen-bond acceptors (Lipinski definition) is 4. The first-order chi connectivity index (χ1) is 9.69. The molecule has 1 heterocycles. The predicted octanol–water partition coefficient (Wildman–Crippen LogP) is 2.32. The van der Waals surface area contributed by atoms with Crippen molar-refractivity contribution in [2.24, 2.45) is 5.73 Å². The van der Waals surface area contributed by atoms with Crippen LogP contribution in [0.15, 0.2) is 47.1 Å². The molecule has 0 radical (unpaired) electrons. The first-order valence-corrected chi connectivity index (χ1v) is 6.80. The average Bonchev–Trinajstić information content (AvgIpc) is 2.48. The summed E-state index contributed by atoms with van der Waals surface area (Å²) in [5.74, 6) is 0.296. The molecule has 0 aliphatic carbocycles. The Kier molecular flexibility index (Phi) is 5.09. The van der Waals surface area contributed by atoms with E-state index in [4.69, 9.17) is 10.5 Å². The van der Waals surface area contributed by atoms with Crippen molar-refractivity contribution >= 4 is 27.5 Å². The molecule has 5 nitrogen and oxygen atoms in total. The molecule has 1 aromatic carbocycles. The molecule has 0 aliphatic heterocycles. The highest BCUT2D eigenvalue weighted by Crippen LogP contribution is 2.21. The molecule has 0 spiro atoms. The van der Waals surface area contributed by atoms with Crippen LogP contribution in [-0.2, 0) is 11.3 Å². The Morgan fingerprint density at radius 3 is 2.75 bits per heavy atom. The van der Waals surface area contributed by atoms with Crippen LogP contribution in [0.25, 0.3) is 0 Å². The fourth-order valence-electron chi connectivity index (χ4n) is 1.51. The van der Waals surface area contributed by atoms with Crippen molar-refractivity contribution in [2.45, 2.75) is 6.54 Å². The number of ether oxygens (including phenoxy) is 1. The number of nitrogens with zero attached hydrogens (tertiary/aromatic N) is 1. The van der Waals surface area contributed by atoms with E-state index in [-0.39, 0.29) is 12.5 Å². The largest absolute Gasteiger partial charge is 0.482 e. The van der Waals surface area contributed by atoms with E-state index in [0.717, 1.165) is 10.2 Å². The molecule has 0 fully saturated rings. The van der Waals surface area contributed by atoms with Crippen molar-refractivity contribution < 1.29 is 9.53 Å². The molecule has 0 saturated heterocycles. The fourth-order valence-corrected chi connectivity index (χ4v) is 1.90. The number of hydrogen-bond donors (Lipinski definition) is 2. The molecule has 0 atom stereocenters. The lowest BCUT2D eigenvalue weighted by molar-refractivity contribution is -0.118. The molecule has 2 aromatic rings. The van der Waals surface area contributed by atoms with Gasteiger partial charge in [-0.25, -0.2) is 0 Å². The smallest absolute Gasteiger partial charge is 0.262 e. The number of aromatic nitrogens is 1. The zero-order valence-corrected chi connectivity index (χ0v) is 12.3. The summed E-state index contributed by atoms with van der Waals surface area (Å²) in [7, 11) is 0. The molecule has 0 bridgehead atoms. The third-order valence-corrected chi connectivity index (χ3v) is 3.22. The van der Waals surface area contributed by atoms with E-state index in [1.807, 2.05) is 18.2 Å². The van der Waals surface area contributed by atoms with Crippen LogP contribution in [0.4, 0.5) is 5.69 Å². The van der Waals surface area contributed by atoms with Crippen molar-refractivity contribution in [2.75, 3.05) is 11.9 Å². The van der Waals surface area contributed by atoms with E-state index in [1.54, 1.807) is 24.4 Å². The summed E-state index contributed by atoms with van der Waals surface area (Å²) in [5, 5.41) is 2.75. The lowest BCUT2D eigenvalue weighted by atomic mass is 10.3. The number of pyridine rings is 1. The first-order valence-electron chi connectivity index (χ1n) is 6.01. The number of anilines is 1. The maximum absolute atomic E-state index is 11.8. The van der Waals surface area contributed by atoms with Crippen LogP contribution in [0, 0.1) is 0 Å². The first kappa shape index (κ1) is 14.5. The van der Waals surface area contributed by atoms with Crippen molar-refractivity contribution in [1.82, 2.24) is 4.98 Å². The topological polar surface area (TPSA) is 77.2 Å². The van der Waals surface area contributed by atoms with E-state index < -0.39 is 0 Å². The average molecular weight is 336 g/mol. The van der Waals surface area contributed by atoms with Crippen LogP contribution in [0.1, 0.15) is 5.69 Å². The standard InChI is InChI=1S/C14H14BrN3O2/c15-12-3-1-2-4-13(12)18-14(19)9-20-11-6-5-10(7-16)17-8-11/h1-6,8H,7,9,16H2,(H,18,19). The zero-order valence-electron chi connectivity index (χ0n) is 10.7. The van der Waals surface area contributed by atoms with Gasteiger partial charge in [0, 0.05) is 11.0 Å². The predicted molar refractivity (Wildman–Crippen MR) is 80.4 cm³/mol. The number of halogens is 1. The highest BCUT2D eigenvalue weighted by Gasteiger charge is 2.06. The monoisotopic (exact) mass is 335 g/mol. The number of benzene rings is 1. The van der Waals surface area contributed by atoms with Gasteiger partial charge in [-0.2, -0.15) is 0 Å². The minimum absolute atomic E-state index is 0.0784. The Morgan fingerprint density at radius 2 is 2.10 bits per heavy atom. The lowest BCUT2D eigenvalue weighted by Gasteiger charge is -2.08. The normalized spacial score (nSPS) is 10.1. The highest BCUT2D eigenvalue weighted by molar-refractivity contribution is 9.10. The number of carbonyl (C=O) groups is 1. The maximum Gasteiger partial charge on any atom is 0.262 e. The Balaban J connectivity index is 1.87. The van der Waals surface area contributed by atoms with Crippen LogP contribution < -0.4 is 15.8 Å². The second-order valence-corrected chi connectivity index (χ2v) is 4.86. The van der Waals surface area contributed by atoms with E-state index in [0.29, 0.717) is 18.0 Å². The van der Waals surface area contributed by atoms with Crippen LogP contribution >= 0.6 is 15.9 Å². The van der Waals surface area contributed by atoms with Crippen molar-refractivity contribution in [3.8, 4) is 5.75 Å². The Bertz CT molecular complexity index is 587. The molecule has 0 unspecified atom stereocenters. The summed E-state index contributed by atoms with van der Waals surface area (Å²) in [6, 6.07) is 10.9. The van der Waals surface area contributed by atoms with Gasteiger partial charge in [-0.05, 0) is 40.2 Å². The number of carbonyl (C=O) groups excluding carboxylic acids is 1. The second kappa shape index (κ2) is 7.02. The zero-order chi connectivity index (χ0) is 14.4. The third-order valence-electron chi connectivity index (χ3n) is 2.52. The third kappa shape index (κ3) is 4.04. The molecule has 2 rings (SSSR count). The molecule has 1 amide bonds. The number of amides is 1. The SMILES string of the molecule is NCc1ccc(OCC(=O)Nc2ccccc2Br)cn1. The molecular formula is C14H14BrN3O2. The Labute approximate surface area is 125 Å². The molecule has 0 saturated carbocycles. The molecular weight excluding hydrogens is 322 g/mol. The molecule has 1 aromatic heterocycles. The Hall–Kier alpha value is -1.92. The van der Waals surface area contributed by atoms with E-state index in [9.17, 15) is 4.79 Å². The molecule has 6 heteroatoms. The van der Waals surface area contributed by atoms with Gasteiger partial charge in [0.1, 0.15) is 5.75 Å². The Morgan fingerprint density at radius 1 is 1.30 bits per heavy atom. The highest BCUT2D eigenvalue weighted by atomic mass is 79.9. The van der Waals surface area contributed by atoms with Gasteiger partial charge in [0.25, 0.3) is 5.91 Å². The minimum Gasteiger partial charge on any atom is -0.482 e. The lowest BCUT2D eigenvalue weighted by Crippen LogP contribution is -2.20. The van der Waals surface area contributed by atoms with E-state index in [1.165, 1.54) is 0 Å². The van der Waals surface area contributed by atoms with Crippen molar-refractivity contribution in [1.29, 1.82) is 0 Å². The van der Waals surface area contributed by atoms with Gasteiger partial charge >= 0.3 is 0 Å². The van der Waals surface area contributed by atoms with Crippen molar-refractivity contribution in [3.05, 3.63) is 52.8 Å². The van der Waals surface area contributed by atoms with E-state index in [2.05, 4.69) is 26.2 Å². The van der Waals surface area contributed by atoms with Crippen LogP contribution in [-0.4, -0.2) is 17.5 Å². The molecule has 20 heavy (non-hydrogen) atoms. The quantitative estimate of drug-likeness (QED) is 0.878. The summed E-state index contributed by atoms with van der Waals surface area (Å²) in [5.41, 5.74) is 6.93. The number of nitrogens with one attached hydrogen (secondary N) is 1. The second-order valence-electron chi connectivity index (χ2n) is 4.01. The number of rotatable bonds is 5. The van der Waals surface area contributed by atoms with Crippen LogP contribution in [0.2, 0.25) is 0 Å². The number of para-hydroxylation sites is 1. The minimum atomic E-state index is -0.236. The fraction of sp³-hybridized carbons (Fsp3) is 0.143. The number of nitrogens with two attached hydrogens (primary N) is 1. The summed E-state index contributed by atoms with van der Waals surface area (Å²) >= 11 is 3.36. The molecule has 3 N–H and O–H groups in total. The summed E-state index contributed by atoms with van der Waals surface area (Å²) < 4.78 is 6.17. The summed E-state index contributed by atoms with van der Waals surface area (Å²) in [6.45, 7) is 0.299. The van der Waals surface area contributed by atoms with Crippen LogP contribution in [0.5, 0.6) is 5.75 Å². The van der Waals surface area contributed by atoms with Gasteiger partial charge in [0.15, 0.2) is 6.61 Å². The van der Waals surface area contributed by atoms with Crippen LogP contribution in [0.3, 0.4) is 0 Å². The van der Waals surface area contributed by atoms with E-state index >= 15 is 0 Å². The molecule has 104 valence electrons. The maximum atomic E-state index is 11.8. The van der Waals surface area contributed by atoms with Gasteiger partial charge in [0.2, 0.25) is 0 Å². The van der Waals surface area contributed by atoms with Gasteiger partial charge in [-0.3, -0.25) is 9.78 Å². The van der Waals surface area contributed by atoms with Gasteiger partial charge in [-0.15, -0.1) is 0 Å².